The molecule has 2 rings (SSSR count). The number of rotatable bonds is 3. The number of nitrogens with zero attached hydrogens (tertiary/aromatic N) is 2. The highest BCUT2D eigenvalue weighted by molar-refractivity contribution is 5.79. The van der Waals surface area contributed by atoms with E-state index in [0.29, 0.717) is 19.0 Å². The van der Waals surface area contributed by atoms with Crippen molar-refractivity contribution >= 4 is 16.9 Å². The molecule has 15 heavy (non-hydrogen) atoms. The third-order valence-electron chi connectivity index (χ3n) is 2.16. The van der Waals surface area contributed by atoms with Crippen LogP contribution in [0.1, 0.15) is 5.56 Å². The number of hydrogen-bond acceptors (Lipinski definition) is 4. The summed E-state index contributed by atoms with van der Waals surface area (Å²) in [7, 11) is 0. The van der Waals surface area contributed by atoms with Gasteiger partial charge in [-0.3, -0.25) is 0 Å². The molecule has 4 nitrogen and oxygen atoms in total. The van der Waals surface area contributed by atoms with Crippen LogP contribution >= 0.6 is 0 Å². The Kier molecular flexibility index (Phi) is 2.78. The fourth-order valence-corrected chi connectivity index (χ4v) is 1.42. The second-order valence-corrected chi connectivity index (χ2v) is 3.47. The minimum atomic E-state index is 0.579. The largest absolute Gasteiger partial charge is 0.353 e. The molecule has 3 N–H and O–H groups in total. The Morgan fingerprint density at radius 1 is 1.40 bits per heavy atom. The molecule has 0 amide bonds. The lowest BCUT2D eigenvalue weighted by molar-refractivity contribution is 0.996. The minimum absolute atomic E-state index is 0.579. The molecule has 0 bridgehead atoms. The van der Waals surface area contributed by atoms with Crippen molar-refractivity contribution < 1.29 is 0 Å². The Balaban J connectivity index is 2.34. The standard InChI is InChI=1S/C11H14N4/c1-8-2-3-10-9(6-8)7-14-11(15-10)13-5-4-12/h2-3,6-7H,4-5,12H2,1H3,(H,13,14,15). The smallest absolute Gasteiger partial charge is 0.223 e. The van der Waals surface area contributed by atoms with Crippen LogP contribution in [0.2, 0.25) is 0 Å². The molecule has 0 radical (unpaired) electrons. The molecule has 0 spiro atoms. The maximum atomic E-state index is 5.39. The van der Waals surface area contributed by atoms with E-state index in [1.807, 2.05) is 18.3 Å². The molecule has 0 saturated carbocycles. The van der Waals surface area contributed by atoms with Gasteiger partial charge < -0.3 is 11.1 Å². The third kappa shape index (κ3) is 2.22. The molecule has 1 aromatic heterocycles. The molecule has 0 saturated heterocycles. The van der Waals surface area contributed by atoms with Crippen molar-refractivity contribution in [3.63, 3.8) is 0 Å². The molecule has 0 aliphatic carbocycles. The average Bonchev–Trinajstić information content (AvgIpc) is 2.26. The van der Waals surface area contributed by atoms with Crippen molar-refractivity contribution in [2.45, 2.75) is 6.92 Å². The normalized spacial score (nSPS) is 10.5. The lowest BCUT2D eigenvalue weighted by Crippen LogP contribution is -2.14. The topological polar surface area (TPSA) is 63.8 Å². The fourth-order valence-electron chi connectivity index (χ4n) is 1.42. The van der Waals surface area contributed by atoms with E-state index in [2.05, 4.69) is 28.3 Å². The van der Waals surface area contributed by atoms with Crippen LogP contribution in [0, 0.1) is 6.92 Å². The first kappa shape index (κ1) is 9.86. The van der Waals surface area contributed by atoms with Crippen LogP contribution in [-0.4, -0.2) is 23.1 Å². The highest BCUT2D eigenvalue weighted by Crippen LogP contribution is 2.13. The van der Waals surface area contributed by atoms with Crippen LogP contribution in [0.25, 0.3) is 10.9 Å². The van der Waals surface area contributed by atoms with E-state index in [-0.39, 0.29) is 0 Å². The molecule has 0 atom stereocenters. The summed E-state index contributed by atoms with van der Waals surface area (Å²) in [6.07, 6.45) is 1.83. The van der Waals surface area contributed by atoms with Gasteiger partial charge in [-0.1, -0.05) is 11.6 Å². The number of aryl methyl sites for hydroxylation is 1. The number of aromatic nitrogens is 2. The summed E-state index contributed by atoms with van der Waals surface area (Å²) < 4.78 is 0. The van der Waals surface area contributed by atoms with E-state index in [4.69, 9.17) is 5.73 Å². The highest BCUT2D eigenvalue weighted by Gasteiger charge is 1.98. The molecule has 1 heterocycles. The maximum Gasteiger partial charge on any atom is 0.223 e. The molecule has 0 unspecified atom stereocenters. The highest BCUT2D eigenvalue weighted by atomic mass is 15.1. The molecular formula is C11H14N4. The van der Waals surface area contributed by atoms with Crippen LogP contribution in [0.3, 0.4) is 0 Å². The number of nitrogens with two attached hydrogens (primary N) is 1. The number of fused-ring (bicyclic) bond motifs is 1. The first-order chi connectivity index (χ1) is 7.29. The second kappa shape index (κ2) is 4.23. The number of anilines is 1. The van der Waals surface area contributed by atoms with Crippen LogP contribution < -0.4 is 11.1 Å². The van der Waals surface area contributed by atoms with E-state index in [9.17, 15) is 0 Å². The molecule has 0 aliphatic heterocycles. The van der Waals surface area contributed by atoms with E-state index >= 15 is 0 Å². The van der Waals surface area contributed by atoms with Gasteiger partial charge in [0.15, 0.2) is 0 Å². The Morgan fingerprint density at radius 2 is 2.27 bits per heavy atom. The molecule has 0 fully saturated rings. The number of nitrogens with one attached hydrogen (secondary N) is 1. The Bertz CT molecular complexity index is 467. The van der Waals surface area contributed by atoms with Gasteiger partial charge in [0, 0.05) is 24.7 Å². The van der Waals surface area contributed by atoms with E-state index in [1.54, 1.807) is 0 Å². The van der Waals surface area contributed by atoms with Gasteiger partial charge in [0.25, 0.3) is 0 Å². The SMILES string of the molecule is Cc1ccc2nc(NCCN)ncc2c1. The number of hydrogen-bond donors (Lipinski definition) is 2. The zero-order chi connectivity index (χ0) is 10.7. The van der Waals surface area contributed by atoms with Gasteiger partial charge in [0.2, 0.25) is 5.95 Å². The van der Waals surface area contributed by atoms with Crippen LogP contribution in [0.5, 0.6) is 0 Å². The van der Waals surface area contributed by atoms with E-state index < -0.39 is 0 Å². The summed E-state index contributed by atoms with van der Waals surface area (Å²) in [4.78, 5) is 8.58. The van der Waals surface area contributed by atoms with Crippen LogP contribution in [-0.2, 0) is 0 Å². The van der Waals surface area contributed by atoms with Crippen molar-refractivity contribution in [2.75, 3.05) is 18.4 Å². The van der Waals surface area contributed by atoms with Gasteiger partial charge in [0.05, 0.1) is 5.52 Å². The van der Waals surface area contributed by atoms with Gasteiger partial charge in [0.1, 0.15) is 0 Å². The Morgan fingerprint density at radius 3 is 3.07 bits per heavy atom. The third-order valence-corrected chi connectivity index (χ3v) is 2.16. The molecule has 2 aromatic rings. The zero-order valence-corrected chi connectivity index (χ0v) is 8.70. The zero-order valence-electron chi connectivity index (χ0n) is 8.70. The lowest BCUT2D eigenvalue weighted by Gasteiger charge is -2.04. The fraction of sp³-hybridized carbons (Fsp3) is 0.273. The predicted molar refractivity (Wildman–Crippen MR) is 61.8 cm³/mol. The van der Waals surface area contributed by atoms with Crippen LogP contribution in [0.4, 0.5) is 5.95 Å². The molecule has 0 aliphatic rings. The van der Waals surface area contributed by atoms with Crippen molar-refractivity contribution in [2.24, 2.45) is 5.73 Å². The summed E-state index contributed by atoms with van der Waals surface area (Å²) in [5, 5.41) is 4.12. The minimum Gasteiger partial charge on any atom is -0.353 e. The van der Waals surface area contributed by atoms with Crippen molar-refractivity contribution in [1.82, 2.24) is 9.97 Å². The van der Waals surface area contributed by atoms with Gasteiger partial charge in [-0.2, -0.15) is 0 Å². The van der Waals surface area contributed by atoms with Crippen molar-refractivity contribution in [3.8, 4) is 0 Å². The summed E-state index contributed by atoms with van der Waals surface area (Å²) in [6.45, 7) is 3.33. The summed E-state index contributed by atoms with van der Waals surface area (Å²) in [6, 6.07) is 6.12. The van der Waals surface area contributed by atoms with Gasteiger partial charge in [-0.25, -0.2) is 9.97 Å². The molecular weight excluding hydrogens is 188 g/mol. The summed E-state index contributed by atoms with van der Waals surface area (Å²) in [5.41, 5.74) is 7.56. The molecule has 1 aromatic carbocycles. The first-order valence-corrected chi connectivity index (χ1v) is 4.97. The summed E-state index contributed by atoms with van der Waals surface area (Å²) in [5.74, 6) is 0.636. The second-order valence-electron chi connectivity index (χ2n) is 3.47. The Hall–Kier alpha value is -1.68. The molecule has 4 heteroatoms. The monoisotopic (exact) mass is 202 g/mol. The predicted octanol–water partition coefficient (Wildman–Crippen LogP) is 1.31. The van der Waals surface area contributed by atoms with E-state index in [1.165, 1.54) is 5.56 Å². The van der Waals surface area contributed by atoms with Gasteiger partial charge >= 0.3 is 0 Å². The van der Waals surface area contributed by atoms with Gasteiger partial charge in [-0.15, -0.1) is 0 Å². The van der Waals surface area contributed by atoms with Crippen molar-refractivity contribution in [1.29, 1.82) is 0 Å². The first-order valence-electron chi connectivity index (χ1n) is 4.97. The van der Waals surface area contributed by atoms with Gasteiger partial charge in [-0.05, 0) is 19.1 Å². The van der Waals surface area contributed by atoms with Crippen LogP contribution in [0.15, 0.2) is 24.4 Å². The Labute approximate surface area is 88.5 Å². The number of benzene rings is 1. The quantitative estimate of drug-likeness (QED) is 0.787. The average molecular weight is 202 g/mol. The lowest BCUT2D eigenvalue weighted by atomic mass is 10.2. The summed E-state index contributed by atoms with van der Waals surface area (Å²) >= 11 is 0. The van der Waals surface area contributed by atoms with E-state index in [0.717, 1.165) is 10.9 Å². The maximum absolute atomic E-state index is 5.39. The van der Waals surface area contributed by atoms with Crippen molar-refractivity contribution in [3.05, 3.63) is 30.0 Å². The molecule has 78 valence electrons.